The summed E-state index contributed by atoms with van der Waals surface area (Å²) in [6, 6.07) is 29.7. The molecule has 1 unspecified atom stereocenters. The van der Waals surface area contributed by atoms with Gasteiger partial charge in [0.25, 0.3) is 0 Å². The first-order valence-electron chi connectivity index (χ1n) is 21.8. The average molecular weight is 843 g/mol. The van der Waals surface area contributed by atoms with E-state index < -0.39 is 42.0 Å². The van der Waals surface area contributed by atoms with Crippen LogP contribution in [0.3, 0.4) is 0 Å². The van der Waals surface area contributed by atoms with Gasteiger partial charge in [-0.1, -0.05) is 97.1 Å². The molecule has 2 aliphatic rings. The lowest BCUT2D eigenvalue weighted by Gasteiger charge is -2.35. The third kappa shape index (κ3) is 10.4. The highest BCUT2D eigenvalue weighted by Crippen LogP contribution is 2.36. The lowest BCUT2D eigenvalue weighted by molar-refractivity contribution is -0.131. The molecule has 4 aromatic rings. The quantitative estimate of drug-likeness (QED) is 0.0855. The number of fused-ring (bicyclic) bond motifs is 2. The maximum atomic E-state index is 15.2. The zero-order valence-electron chi connectivity index (χ0n) is 36.9. The van der Waals surface area contributed by atoms with E-state index in [1.54, 1.807) is 38.9 Å². The van der Waals surface area contributed by atoms with E-state index in [0.717, 1.165) is 27.9 Å². The Bertz CT molecular complexity index is 2190. The van der Waals surface area contributed by atoms with E-state index in [4.69, 9.17) is 0 Å². The van der Waals surface area contributed by atoms with E-state index in [0.29, 0.717) is 12.1 Å². The predicted octanol–water partition coefficient (Wildman–Crippen LogP) is 4.48. The summed E-state index contributed by atoms with van der Waals surface area (Å²) in [4.78, 5) is 75.0. The van der Waals surface area contributed by atoms with Crippen LogP contribution in [0.1, 0.15) is 81.8 Å². The normalized spacial score (nSPS) is 18.9. The van der Waals surface area contributed by atoms with Crippen molar-refractivity contribution in [3.05, 3.63) is 131 Å². The number of hydrogen-bond donors (Lipinski definition) is 6. The molecule has 0 saturated carbocycles. The number of hydrogen-bond acceptors (Lipinski definition) is 8. The molecule has 4 aromatic carbocycles. The van der Waals surface area contributed by atoms with Gasteiger partial charge in [0.2, 0.25) is 29.5 Å². The molecule has 9 atom stereocenters. The van der Waals surface area contributed by atoms with Gasteiger partial charge in [-0.05, 0) is 102 Å². The maximum absolute atomic E-state index is 15.2. The molecule has 13 nitrogen and oxygen atoms in total. The zero-order valence-corrected chi connectivity index (χ0v) is 36.9. The van der Waals surface area contributed by atoms with Crippen LogP contribution in [0.4, 0.5) is 11.4 Å². The summed E-state index contributed by atoms with van der Waals surface area (Å²) < 4.78 is 0. The Morgan fingerprint density at radius 3 is 1.50 bits per heavy atom. The third-order valence-corrected chi connectivity index (χ3v) is 12.4. The molecule has 2 aliphatic heterocycles. The molecule has 0 bridgehead atoms. The summed E-state index contributed by atoms with van der Waals surface area (Å²) in [5, 5.41) is 18.7. The topological polar surface area (TPSA) is 164 Å². The molecule has 0 saturated heterocycles. The Hall–Kier alpha value is -5.89. The number of likely N-dealkylation sites (N-methyl/N-ethyl adjacent to an activating group) is 2. The molecule has 0 aliphatic carbocycles. The lowest BCUT2D eigenvalue weighted by atomic mass is 9.99. The van der Waals surface area contributed by atoms with E-state index in [1.165, 1.54) is 4.90 Å². The van der Waals surface area contributed by atoms with Gasteiger partial charge in [0.05, 0.1) is 24.2 Å². The minimum Gasteiger partial charge on any atom is -0.348 e. The Morgan fingerprint density at radius 1 is 0.548 bits per heavy atom. The van der Waals surface area contributed by atoms with Gasteiger partial charge in [0.15, 0.2) is 0 Å². The van der Waals surface area contributed by atoms with E-state index in [-0.39, 0.29) is 61.2 Å². The first kappa shape index (κ1) is 45.6. The Labute approximate surface area is 365 Å². The van der Waals surface area contributed by atoms with Crippen LogP contribution in [0.25, 0.3) is 0 Å². The maximum Gasteiger partial charge on any atom is 0.250 e. The molecule has 62 heavy (non-hydrogen) atoms. The Morgan fingerprint density at radius 2 is 0.984 bits per heavy atom. The van der Waals surface area contributed by atoms with Gasteiger partial charge in [-0.3, -0.25) is 28.9 Å². The highest BCUT2D eigenvalue weighted by Gasteiger charge is 2.44. The van der Waals surface area contributed by atoms with Crippen LogP contribution in [-0.2, 0) is 36.8 Å². The summed E-state index contributed by atoms with van der Waals surface area (Å²) in [6.45, 7) is 9.46. The minimum atomic E-state index is -1.16. The second-order valence-corrected chi connectivity index (χ2v) is 16.6. The fourth-order valence-electron chi connectivity index (χ4n) is 8.48. The molecular weight excluding hydrogens is 781 g/mol. The van der Waals surface area contributed by atoms with Crippen molar-refractivity contribution in [1.82, 2.24) is 31.9 Å². The van der Waals surface area contributed by atoms with Gasteiger partial charge in [-0.15, -0.1) is 0 Å². The summed E-state index contributed by atoms with van der Waals surface area (Å²) >= 11 is 0. The molecule has 6 N–H and O–H groups in total. The number of nitrogens with one attached hydrogen (secondary N) is 6. The molecule has 2 heterocycles. The van der Waals surface area contributed by atoms with Crippen LogP contribution in [0.15, 0.2) is 109 Å². The van der Waals surface area contributed by atoms with Crippen molar-refractivity contribution in [2.24, 2.45) is 0 Å². The van der Waals surface area contributed by atoms with Gasteiger partial charge < -0.3 is 36.8 Å². The SMILES string of the molecule is CN[C@@H](C)C(=O)N[C@@H](CC[C@H](NC(=O)[C@H](C)NC)C(=O)N1c2ccccc2C[C@H]1C(C)N[C@H](C)c1ccccc1)C(=O)N1c2ccccc2C[C@H]1C(=O)N[C@H](C)c1ccccc1. The van der Waals surface area contributed by atoms with E-state index in [1.807, 2.05) is 97.9 Å². The predicted molar refractivity (Wildman–Crippen MR) is 243 cm³/mol. The zero-order chi connectivity index (χ0) is 44.5. The second kappa shape index (κ2) is 20.8. The van der Waals surface area contributed by atoms with Crippen molar-refractivity contribution < 1.29 is 24.0 Å². The Balaban J connectivity index is 1.31. The standard InChI is InChI=1S/C49H62N8O5/c1-30(35-18-10-8-11-19-35)52-32(3)43-28-37-22-14-16-24-41(37)56(43)48(61)39(54-45(58)33(4)50-6)26-27-40(55-46(59)34(5)51-7)49(62)57-42-25-17-15-23-38(42)29-44(57)47(60)53-31(2)36-20-12-9-13-21-36/h8-25,30-34,39-40,43-44,50-52H,26-29H2,1-7H3,(H,53,60)(H,54,58)(H,55,59)/t30-,31-,32?,33+,34+,39+,40+,43+,44+/m1/s1. The van der Waals surface area contributed by atoms with E-state index >= 15 is 9.59 Å². The first-order valence-corrected chi connectivity index (χ1v) is 21.8. The number of carbonyl (C=O) groups is 5. The molecule has 6 rings (SSSR count). The van der Waals surface area contributed by atoms with Crippen molar-refractivity contribution in [1.29, 1.82) is 0 Å². The fourth-order valence-corrected chi connectivity index (χ4v) is 8.48. The molecule has 0 spiro atoms. The summed E-state index contributed by atoms with van der Waals surface area (Å²) in [5.74, 6) is -1.94. The minimum absolute atomic E-state index is 0.00241. The monoisotopic (exact) mass is 842 g/mol. The van der Waals surface area contributed by atoms with Crippen LogP contribution in [0, 0.1) is 0 Å². The van der Waals surface area contributed by atoms with Crippen LogP contribution in [-0.4, -0.2) is 85.9 Å². The first-order chi connectivity index (χ1) is 29.8. The molecule has 0 aromatic heterocycles. The molecule has 5 amide bonds. The molecule has 0 radical (unpaired) electrons. The van der Waals surface area contributed by atoms with E-state index in [9.17, 15) is 14.4 Å². The van der Waals surface area contributed by atoms with Crippen molar-refractivity contribution in [2.45, 2.75) is 115 Å². The molecule has 0 fully saturated rings. The number of rotatable bonds is 18. The van der Waals surface area contributed by atoms with Gasteiger partial charge in [0, 0.05) is 29.9 Å². The third-order valence-electron chi connectivity index (χ3n) is 12.4. The van der Waals surface area contributed by atoms with Gasteiger partial charge in [-0.2, -0.15) is 0 Å². The average Bonchev–Trinajstić information content (AvgIpc) is 3.89. The fraction of sp³-hybridized carbons (Fsp3) is 0.408. The van der Waals surface area contributed by atoms with Crippen LogP contribution in [0.2, 0.25) is 0 Å². The number of para-hydroxylation sites is 2. The smallest absolute Gasteiger partial charge is 0.250 e. The van der Waals surface area contributed by atoms with Crippen molar-refractivity contribution in [3.63, 3.8) is 0 Å². The number of carbonyl (C=O) groups excluding carboxylic acids is 5. The van der Waals surface area contributed by atoms with Crippen LogP contribution in [0.5, 0.6) is 0 Å². The molecule has 13 heteroatoms. The van der Waals surface area contributed by atoms with Crippen molar-refractivity contribution >= 4 is 40.9 Å². The highest BCUT2D eigenvalue weighted by molar-refractivity contribution is 6.07. The van der Waals surface area contributed by atoms with Crippen LogP contribution >= 0.6 is 0 Å². The number of amides is 5. The van der Waals surface area contributed by atoms with Gasteiger partial charge >= 0.3 is 0 Å². The summed E-state index contributed by atoms with van der Waals surface area (Å²) in [5.41, 5.74) is 5.23. The van der Waals surface area contributed by atoms with Crippen LogP contribution < -0.4 is 41.7 Å². The van der Waals surface area contributed by atoms with E-state index in [2.05, 4.69) is 57.9 Å². The largest absolute Gasteiger partial charge is 0.348 e. The molecular formula is C49H62N8O5. The summed E-state index contributed by atoms with van der Waals surface area (Å²) in [7, 11) is 3.32. The number of benzene rings is 4. The van der Waals surface area contributed by atoms with Gasteiger partial charge in [-0.25, -0.2) is 0 Å². The highest BCUT2D eigenvalue weighted by atomic mass is 16.2. The lowest BCUT2D eigenvalue weighted by Crippen LogP contribution is -2.59. The number of anilines is 2. The molecule has 328 valence electrons. The van der Waals surface area contributed by atoms with Crippen molar-refractivity contribution in [2.75, 3.05) is 23.9 Å². The summed E-state index contributed by atoms with van der Waals surface area (Å²) in [6.07, 6.45) is 0.881. The second-order valence-electron chi connectivity index (χ2n) is 16.6. The van der Waals surface area contributed by atoms with Gasteiger partial charge in [0.1, 0.15) is 18.1 Å². The Kier molecular flexibility index (Phi) is 15.3. The van der Waals surface area contributed by atoms with Crippen molar-refractivity contribution in [3.8, 4) is 0 Å². The number of nitrogens with zero attached hydrogens (tertiary/aromatic N) is 2.